The fraction of sp³-hybridized carbons (Fsp3) is 0.824. The van der Waals surface area contributed by atoms with E-state index >= 15 is 0 Å². The topological polar surface area (TPSA) is 28.0 Å². The zero-order valence-corrected chi connectivity index (χ0v) is 12.9. The van der Waals surface area contributed by atoms with Crippen molar-refractivity contribution in [3.05, 3.63) is 18.0 Å². The first-order valence-corrected chi connectivity index (χ1v) is 8.50. The van der Waals surface area contributed by atoms with Crippen LogP contribution >= 0.6 is 0 Å². The van der Waals surface area contributed by atoms with Gasteiger partial charge in [0, 0.05) is 12.1 Å². The van der Waals surface area contributed by atoms with Crippen LogP contribution in [0, 0.1) is 0 Å². The third-order valence-corrected chi connectivity index (χ3v) is 4.51. The van der Waals surface area contributed by atoms with Crippen LogP contribution in [0.25, 0.3) is 0 Å². The number of hydrogen-bond donors (Lipinski definition) is 0. The van der Waals surface area contributed by atoms with E-state index in [0.29, 0.717) is 12.1 Å². The van der Waals surface area contributed by atoms with Crippen LogP contribution in [0.3, 0.4) is 0 Å². The maximum absolute atomic E-state index is 4.56. The Balaban J connectivity index is 2.00. The molecule has 0 unspecified atom stereocenters. The van der Waals surface area contributed by atoms with Gasteiger partial charge in [-0.3, -0.25) is 5.01 Å². The monoisotopic (exact) mass is 275 g/mol. The molecular formula is C17H29N3. The fourth-order valence-electron chi connectivity index (χ4n) is 3.42. The third kappa shape index (κ3) is 4.79. The number of hydrogen-bond acceptors (Lipinski definition) is 2. The zero-order chi connectivity index (χ0) is 14.0. The Bertz CT molecular complexity index is 325. The molecule has 3 heteroatoms. The second-order valence-corrected chi connectivity index (χ2v) is 6.08. The maximum atomic E-state index is 4.56. The van der Waals surface area contributed by atoms with E-state index in [2.05, 4.69) is 28.0 Å². The highest BCUT2D eigenvalue weighted by Gasteiger charge is 2.28. The van der Waals surface area contributed by atoms with Crippen LogP contribution in [0.5, 0.6) is 0 Å². The lowest BCUT2D eigenvalue weighted by molar-refractivity contribution is 0.0755. The Kier molecular flexibility index (Phi) is 6.86. The zero-order valence-electron chi connectivity index (χ0n) is 12.9. The summed E-state index contributed by atoms with van der Waals surface area (Å²) in [4.78, 5) is 0. The molecule has 2 saturated carbocycles. The molecule has 0 aromatic heterocycles. The summed E-state index contributed by atoms with van der Waals surface area (Å²) in [7, 11) is 0. The maximum Gasteiger partial charge on any atom is 0.0928 e. The summed E-state index contributed by atoms with van der Waals surface area (Å²) in [6.07, 6.45) is 18.1. The van der Waals surface area contributed by atoms with Gasteiger partial charge in [0.05, 0.1) is 6.20 Å². The molecule has 2 rings (SSSR count). The van der Waals surface area contributed by atoms with Crippen LogP contribution < -0.4 is 0 Å². The van der Waals surface area contributed by atoms with E-state index in [4.69, 9.17) is 0 Å². The summed E-state index contributed by atoms with van der Waals surface area (Å²) in [5.41, 5.74) is 3.06. The highest BCUT2D eigenvalue weighted by Crippen LogP contribution is 2.30. The minimum Gasteiger partial charge on any atom is -0.272 e. The second-order valence-electron chi connectivity index (χ2n) is 6.08. The van der Waals surface area contributed by atoms with Gasteiger partial charge in [0.25, 0.3) is 0 Å². The quantitative estimate of drug-likeness (QED) is 0.375. The van der Waals surface area contributed by atoms with Crippen molar-refractivity contribution in [1.82, 2.24) is 5.01 Å². The molecule has 0 aliphatic heterocycles. The van der Waals surface area contributed by atoms with Crippen LogP contribution in [0.1, 0.15) is 77.6 Å². The first-order chi connectivity index (χ1) is 9.92. The van der Waals surface area contributed by atoms with Crippen LogP contribution in [-0.4, -0.2) is 17.1 Å². The first kappa shape index (κ1) is 15.3. The van der Waals surface area contributed by atoms with E-state index in [1.807, 2.05) is 6.08 Å². The van der Waals surface area contributed by atoms with E-state index in [-0.39, 0.29) is 0 Å². The summed E-state index contributed by atoms with van der Waals surface area (Å²) >= 11 is 0. The van der Waals surface area contributed by atoms with E-state index in [1.54, 1.807) is 6.20 Å². The molecule has 0 atom stereocenters. The van der Waals surface area contributed by atoms with Gasteiger partial charge in [-0.1, -0.05) is 50.7 Å². The number of allylic oxidation sites excluding steroid dienone is 1. The summed E-state index contributed by atoms with van der Waals surface area (Å²) < 4.78 is 0. The van der Waals surface area contributed by atoms with Gasteiger partial charge in [0.1, 0.15) is 0 Å². The normalized spacial score (nSPS) is 21.6. The van der Waals surface area contributed by atoms with Gasteiger partial charge in [-0.25, -0.2) is 0 Å². The fourth-order valence-corrected chi connectivity index (χ4v) is 3.42. The van der Waals surface area contributed by atoms with Gasteiger partial charge in [-0.2, -0.15) is 0 Å². The average molecular weight is 275 g/mol. The summed E-state index contributed by atoms with van der Waals surface area (Å²) in [5.74, 6) is 0. The Hall–Kier alpha value is -1.08. The van der Waals surface area contributed by atoms with Crippen LogP contribution in [-0.2, 0) is 0 Å². The molecule has 0 heterocycles. The molecule has 20 heavy (non-hydrogen) atoms. The molecule has 2 fully saturated rings. The predicted octanol–water partition coefficient (Wildman–Crippen LogP) is 5.40. The summed E-state index contributed by atoms with van der Waals surface area (Å²) in [6, 6.07) is 1.25. The standard InChI is InChI=1S/C17H29N3/c1-2-3-10-15-18-19-20(16-11-6-4-7-12-16)17-13-8-5-9-14-17/h3,15-17H,2,4-9,11-14H2,1H3. The van der Waals surface area contributed by atoms with Gasteiger partial charge in [-0.15, -0.1) is 10.8 Å². The van der Waals surface area contributed by atoms with E-state index in [0.717, 1.165) is 6.42 Å². The molecule has 0 radical (unpaired) electrons. The highest BCUT2D eigenvalue weighted by molar-refractivity contribution is 4.83. The smallest absolute Gasteiger partial charge is 0.0928 e. The Morgan fingerprint density at radius 3 is 2.00 bits per heavy atom. The van der Waals surface area contributed by atoms with Crippen molar-refractivity contribution in [2.45, 2.75) is 89.6 Å². The van der Waals surface area contributed by atoms with Crippen LogP contribution in [0.2, 0.25) is 0 Å². The number of nitrogens with zero attached hydrogens (tertiary/aromatic N) is 3. The van der Waals surface area contributed by atoms with Crippen molar-refractivity contribution in [3.8, 4) is 0 Å². The number of rotatable bonds is 5. The molecule has 3 nitrogen and oxygen atoms in total. The highest BCUT2D eigenvalue weighted by atomic mass is 15.6. The van der Waals surface area contributed by atoms with Gasteiger partial charge < -0.3 is 0 Å². The lowest BCUT2D eigenvalue weighted by Gasteiger charge is -2.38. The lowest BCUT2D eigenvalue weighted by atomic mass is 9.90. The predicted molar refractivity (Wildman–Crippen MR) is 83.4 cm³/mol. The van der Waals surface area contributed by atoms with Crippen molar-refractivity contribution in [2.24, 2.45) is 10.3 Å². The molecule has 2 aliphatic rings. The van der Waals surface area contributed by atoms with Crippen LogP contribution in [0.4, 0.5) is 0 Å². The van der Waals surface area contributed by atoms with Gasteiger partial charge in [-0.05, 0) is 38.2 Å². The van der Waals surface area contributed by atoms with Gasteiger partial charge >= 0.3 is 0 Å². The Morgan fingerprint density at radius 2 is 1.50 bits per heavy atom. The van der Waals surface area contributed by atoms with Crippen molar-refractivity contribution in [3.63, 3.8) is 0 Å². The van der Waals surface area contributed by atoms with Crippen molar-refractivity contribution >= 4 is 0 Å². The molecule has 0 aromatic rings. The van der Waals surface area contributed by atoms with E-state index in [9.17, 15) is 0 Å². The van der Waals surface area contributed by atoms with Crippen LogP contribution in [0.15, 0.2) is 28.3 Å². The molecule has 2 aliphatic carbocycles. The molecule has 0 spiro atoms. The Labute approximate surface area is 123 Å². The van der Waals surface area contributed by atoms with Gasteiger partial charge in [0.15, 0.2) is 0 Å². The van der Waals surface area contributed by atoms with E-state index < -0.39 is 0 Å². The average Bonchev–Trinajstić information content (AvgIpc) is 2.53. The molecule has 0 aromatic carbocycles. The summed E-state index contributed by atoms with van der Waals surface area (Å²) in [5, 5.41) is 11.2. The molecular weight excluding hydrogens is 246 g/mol. The molecule has 0 saturated heterocycles. The summed E-state index contributed by atoms with van der Waals surface area (Å²) in [6.45, 7) is 2.11. The molecule has 112 valence electrons. The van der Waals surface area contributed by atoms with Crippen molar-refractivity contribution in [1.29, 1.82) is 0 Å². The van der Waals surface area contributed by atoms with E-state index in [1.165, 1.54) is 64.2 Å². The molecule has 0 bridgehead atoms. The second kappa shape index (κ2) is 8.97. The largest absolute Gasteiger partial charge is 0.272 e. The first-order valence-electron chi connectivity index (χ1n) is 8.50. The molecule has 0 N–H and O–H groups in total. The SMILES string of the molecule is CCC=C=CN=NN(C1CCCCC1)C1CCCCC1. The van der Waals surface area contributed by atoms with Crippen molar-refractivity contribution in [2.75, 3.05) is 0 Å². The minimum absolute atomic E-state index is 0.624. The van der Waals surface area contributed by atoms with Crippen molar-refractivity contribution < 1.29 is 0 Å². The lowest BCUT2D eigenvalue weighted by Crippen LogP contribution is -2.41. The minimum atomic E-state index is 0.624. The Morgan fingerprint density at radius 1 is 0.950 bits per heavy atom. The molecule has 0 amide bonds. The van der Waals surface area contributed by atoms with Gasteiger partial charge in [0.2, 0.25) is 0 Å². The third-order valence-electron chi connectivity index (χ3n) is 4.51.